The van der Waals surface area contributed by atoms with Crippen LogP contribution in [0.5, 0.6) is 0 Å². The topological polar surface area (TPSA) is 107 Å². The van der Waals surface area contributed by atoms with E-state index in [0.29, 0.717) is 6.42 Å². The molecule has 0 fully saturated rings. The molecule has 2 rings (SSSR count). The average Bonchev–Trinajstić information content (AvgIpc) is 2.77. The van der Waals surface area contributed by atoms with Gasteiger partial charge in [-0.15, -0.1) is 3.63 Å². The molecule has 0 aliphatic carbocycles. The van der Waals surface area contributed by atoms with Crippen molar-refractivity contribution in [3.8, 4) is 11.1 Å². The molecule has 11 heteroatoms. The zero-order valence-electron chi connectivity index (χ0n) is 23.3. The molecule has 2 aromatic carbocycles. The Hall–Kier alpha value is 0.220. The van der Waals surface area contributed by atoms with Crippen LogP contribution in [-0.2, 0) is 28.6 Å². The van der Waals surface area contributed by atoms with Gasteiger partial charge in [0.1, 0.15) is 0 Å². The van der Waals surface area contributed by atoms with Crippen LogP contribution in [0.25, 0.3) is 11.1 Å². The van der Waals surface area contributed by atoms with E-state index in [2.05, 4.69) is 63.3 Å². The van der Waals surface area contributed by atoms with Gasteiger partial charge in [0.05, 0.1) is 6.61 Å². The molecule has 0 radical (unpaired) electrons. The van der Waals surface area contributed by atoms with Crippen LogP contribution in [0.2, 0.25) is 0 Å². The zero-order valence-corrected chi connectivity index (χ0v) is 26.9. The van der Waals surface area contributed by atoms with Crippen molar-refractivity contribution in [3.05, 3.63) is 60.7 Å². The Morgan fingerprint density at radius 2 is 1.03 bits per heavy atom. The van der Waals surface area contributed by atoms with Crippen molar-refractivity contribution in [2.45, 2.75) is 71.1 Å². The van der Waals surface area contributed by atoms with Crippen molar-refractivity contribution in [2.24, 2.45) is 0 Å². The predicted octanol–water partition coefficient (Wildman–Crippen LogP) is 0.575. The molecule has 0 atom stereocenters. The summed E-state index contributed by atoms with van der Waals surface area (Å²) in [6.45, 7) is 2.03. The fourth-order valence-electron chi connectivity index (χ4n) is 3.14. The van der Waals surface area contributed by atoms with E-state index < -0.39 is 20.8 Å². The summed E-state index contributed by atoms with van der Waals surface area (Å²) >= 11 is 0. The van der Waals surface area contributed by atoms with Gasteiger partial charge >= 0.3 is 79.9 Å². The second-order valence-electron chi connectivity index (χ2n) is 7.64. The van der Waals surface area contributed by atoms with Crippen LogP contribution in [0, 0.1) is 0 Å². The van der Waals surface area contributed by atoms with Gasteiger partial charge in [0.2, 0.25) is 0 Å². The molecule has 0 aromatic heterocycles. The summed E-state index contributed by atoms with van der Waals surface area (Å²) in [4.78, 5) is 0. The van der Waals surface area contributed by atoms with Crippen molar-refractivity contribution in [3.63, 3.8) is 0 Å². The smallest absolute Gasteiger partial charge is 1.00 e. The van der Waals surface area contributed by atoms with Crippen LogP contribution in [0.15, 0.2) is 60.7 Å². The first-order valence-electron chi connectivity index (χ1n) is 11.4. The third kappa shape index (κ3) is 22.0. The Labute approximate surface area is 259 Å². The summed E-state index contributed by atoms with van der Waals surface area (Å²) < 4.78 is 58.2. The largest absolute Gasteiger partial charge is 1.00 e. The average molecular weight is 549 g/mol. The second-order valence-corrected chi connectivity index (χ2v) is 10.1. The van der Waals surface area contributed by atoms with Gasteiger partial charge in [-0.05, 0) is 17.5 Å². The molecule has 7 nitrogen and oxygen atoms in total. The Morgan fingerprint density at radius 1 is 0.657 bits per heavy atom. The van der Waals surface area contributed by atoms with Gasteiger partial charge in [-0.2, -0.15) is 16.8 Å². The van der Waals surface area contributed by atoms with Gasteiger partial charge in [-0.25, -0.2) is 4.18 Å². The normalized spacial score (nSPS) is 10.9. The molecule has 0 aliphatic rings. The van der Waals surface area contributed by atoms with Crippen molar-refractivity contribution in [2.75, 3.05) is 6.61 Å². The minimum absolute atomic E-state index is 0. The number of hydrogen-bond acceptors (Lipinski definition) is 6. The van der Waals surface area contributed by atoms with Gasteiger partial charge in [0, 0.05) is 0 Å². The first-order valence-corrected chi connectivity index (χ1v) is 14.1. The molecule has 0 aliphatic heterocycles. The molecule has 190 valence electrons. The van der Waals surface area contributed by atoms with E-state index in [-0.39, 0.29) is 68.6 Å². The van der Waals surface area contributed by atoms with Crippen molar-refractivity contribution in [1.82, 2.24) is 0 Å². The molecule has 0 bridgehead atoms. The summed E-state index contributed by atoms with van der Waals surface area (Å²) in [5.74, 6) is 0. The quantitative estimate of drug-likeness (QED) is 0.197. The van der Waals surface area contributed by atoms with Crippen molar-refractivity contribution < 1.29 is 91.2 Å². The Morgan fingerprint density at radius 3 is 1.40 bits per heavy atom. The minimum atomic E-state index is -5.06. The van der Waals surface area contributed by atoms with E-state index in [1.54, 1.807) is 0 Å². The molecular formula is C24H38Na2O7S2. The maximum atomic E-state index is 10.9. The molecule has 1 N–H and O–H groups in total. The maximum absolute atomic E-state index is 10.9. The van der Waals surface area contributed by atoms with Crippen LogP contribution in [0.3, 0.4) is 0 Å². The predicted molar refractivity (Wildman–Crippen MR) is 133 cm³/mol. The molecule has 0 heterocycles. The van der Waals surface area contributed by atoms with E-state index in [1.807, 2.05) is 12.1 Å². The van der Waals surface area contributed by atoms with Crippen LogP contribution in [0.4, 0.5) is 0 Å². The number of hydrogen-bond donors (Lipinski definition) is 1. The van der Waals surface area contributed by atoms with E-state index in [9.17, 15) is 16.8 Å². The van der Waals surface area contributed by atoms with E-state index in [1.165, 1.54) is 49.7 Å². The summed E-state index contributed by atoms with van der Waals surface area (Å²) in [7, 11) is -9.75. The zero-order chi connectivity index (χ0) is 24.4. The van der Waals surface area contributed by atoms with Crippen molar-refractivity contribution in [1.29, 1.82) is 0 Å². The fraction of sp³-hybridized carbons (Fsp3) is 0.500. The molecule has 0 saturated heterocycles. The Balaban J connectivity index is -0.000000292. The molecule has 0 unspecified atom stereocenters. The minimum Gasteiger partial charge on any atom is -1.00 e. The van der Waals surface area contributed by atoms with Gasteiger partial charge in [-0.1, -0.05) is 125 Å². The van der Waals surface area contributed by atoms with Gasteiger partial charge in [0.15, 0.2) is 0 Å². The van der Waals surface area contributed by atoms with Crippen LogP contribution in [-0.4, -0.2) is 28.0 Å². The van der Waals surface area contributed by atoms with Crippen LogP contribution in [0.1, 0.15) is 74.0 Å². The standard InChI is InChI=1S/C12H26O7S2.C12H10.2Na.2H/c1-2-3-4-5-6-7-8-9-10-11-12-18-21(16,17)19-20(13,14)15;1-3-7-11(8-4-1)12-9-5-2-6-10-12;;;;/h2-12H2,1H3,(H,13,14,15);1-10H;;;;/q;;2*+1;2*-1. The van der Waals surface area contributed by atoms with Crippen LogP contribution >= 0.6 is 0 Å². The fourth-order valence-corrected chi connectivity index (χ4v) is 4.46. The molecule has 0 spiro atoms. The van der Waals surface area contributed by atoms with Crippen LogP contribution < -0.4 is 59.1 Å². The molecule has 0 saturated carbocycles. The third-order valence-electron chi connectivity index (χ3n) is 4.78. The summed E-state index contributed by atoms with van der Waals surface area (Å²) in [6.07, 6.45) is 10.9. The number of rotatable bonds is 15. The molecule has 35 heavy (non-hydrogen) atoms. The van der Waals surface area contributed by atoms with Gasteiger partial charge in [-0.3, -0.25) is 4.55 Å². The molecular weight excluding hydrogens is 510 g/mol. The molecule has 2 aromatic rings. The summed E-state index contributed by atoms with van der Waals surface area (Å²) in [6, 6.07) is 20.8. The number of benzene rings is 2. The second kappa shape index (κ2) is 22.2. The van der Waals surface area contributed by atoms with Gasteiger partial charge < -0.3 is 2.85 Å². The summed E-state index contributed by atoms with van der Waals surface area (Å²) in [5.41, 5.74) is 2.55. The molecule has 0 amide bonds. The van der Waals surface area contributed by atoms with Gasteiger partial charge in [0.25, 0.3) is 0 Å². The van der Waals surface area contributed by atoms with E-state index in [0.717, 1.165) is 19.3 Å². The Kier molecular flexibility index (Phi) is 23.7. The first-order chi connectivity index (χ1) is 15.7. The van der Waals surface area contributed by atoms with E-state index in [4.69, 9.17) is 4.55 Å². The SMILES string of the molecule is CCCCCCCCCCCCOS(=O)(=O)OS(=O)(=O)O.[H-].[H-].[Na+].[Na+].c1ccc(-c2ccccc2)cc1. The first kappa shape index (κ1) is 37.4. The van der Waals surface area contributed by atoms with Crippen molar-refractivity contribution >= 4 is 20.8 Å². The maximum Gasteiger partial charge on any atom is 1.00 e. The monoisotopic (exact) mass is 548 g/mol. The Bertz CT molecular complexity index is 930. The number of unbranched alkanes of at least 4 members (excludes halogenated alkanes) is 9. The van der Waals surface area contributed by atoms with E-state index >= 15 is 0 Å². The third-order valence-corrected chi connectivity index (χ3v) is 6.59. The summed E-state index contributed by atoms with van der Waals surface area (Å²) in [5, 5.41) is 0.